The molecule has 0 fully saturated rings. The predicted molar refractivity (Wildman–Crippen MR) is 74.0 cm³/mol. The lowest BCUT2D eigenvalue weighted by atomic mass is 10.1. The number of carbonyl (C=O) groups is 1. The average Bonchev–Trinajstić information content (AvgIpc) is 2.41. The molecule has 4 nitrogen and oxygen atoms in total. The zero-order valence-corrected chi connectivity index (χ0v) is 11.5. The third-order valence-electron chi connectivity index (χ3n) is 3.07. The van der Waals surface area contributed by atoms with Crippen LogP contribution in [0.5, 0.6) is 0 Å². The van der Waals surface area contributed by atoms with Crippen molar-refractivity contribution in [3.63, 3.8) is 0 Å². The van der Waals surface area contributed by atoms with Gasteiger partial charge in [-0.2, -0.15) is 0 Å². The largest absolute Gasteiger partial charge is 0.364 e. The number of aryl methyl sites for hydroxylation is 1. The summed E-state index contributed by atoms with van der Waals surface area (Å²) in [6.07, 6.45) is 1.29. The second kappa shape index (κ2) is 5.87. The molecule has 0 aliphatic heterocycles. The molecule has 0 spiro atoms. The van der Waals surface area contributed by atoms with Crippen LogP contribution in [0.3, 0.4) is 0 Å². The van der Waals surface area contributed by atoms with Gasteiger partial charge in [-0.15, -0.1) is 0 Å². The fourth-order valence-corrected chi connectivity index (χ4v) is 1.95. The Bertz CT molecular complexity index is 741. The summed E-state index contributed by atoms with van der Waals surface area (Å²) < 4.78 is 26.8. The van der Waals surface area contributed by atoms with Crippen molar-refractivity contribution in [1.82, 2.24) is 10.3 Å². The molecule has 1 heterocycles. The summed E-state index contributed by atoms with van der Waals surface area (Å²) in [5, 5.41) is 2.48. The highest BCUT2D eigenvalue weighted by atomic mass is 19.1. The van der Waals surface area contributed by atoms with Crippen LogP contribution in [0.2, 0.25) is 0 Å². The van der Waals surface area contributed by atoms with Crippen molar-refractivity contribution < 1.29 is 13.6 Å². The molecule has 0 radical (unpaired) electrons. The first-order chi connectivity index (χ1) is 9.88. The summed E-state index contributed by atoms with van der Waals surface area (Å²) in [5.41, 5.74) is 0.132. The van der Waals surface area contributed by atoms with Gasteiger partial charge in [0, 0.05) is 23.5 Å². The number of halogens is 2. The van der Waals surface area contributed by atoms with E-state index in [2.05, 4.69) is 10.3 Å². The smallest absolute Gasteiger partial charge is 0.257 e. The molecule has 2 aromatic rings. The monoisotopic (exact) mass is 292 g/mol. The Balaban J connectivity index is 2.23. The van der Waals surface area contributed by atoms with Crippen LogP contribution < -0.4 is 10.7 Å². The molecular formula is C15H14F2N2O2. The number of carbonyl (C=O) groups excluding carboxylic acids is 1. The van der Waals surface area contributed by atoms with E-state index < -0.39 is 29.0 Å². The molecule has 0 aliphatic rings. The first-order valence-electron chi connectivity index (χ1n) is 6.33. The number of amides is 1. The normalized spacial score (nSPS) is 12.0. The molecule has 0 saturated carbocycles. The highest BCUT2D eigenvalue weighted by Crippen LogP contribution is 2.18. The van der Waals surface area contributed by atoms with Crippen molar-refractivity contribution in [3.8, 4) is 0 Å². The minimum absolute atomic E-state index is 0.0203. The van der Waals surface area contributed by atoms with Crippen molar-refractivity contribution in [3.05, 3.63) is 69.1 Å². The Morgan fingerprint density at radius 3 is 2.67 bits per heavy atom. The molecule has 0 bridgehead atoms. The van der Waals surface area contributed by atoms with Gasteiger partial charge in [0.2, 0.25) is 0 Å². The van der Waals surface area contributed by atoms with E-state index >= 15 is 0 Å². The first kappa shape index (κ1) is 14.9. The molecule has 21 heavy (non-hydrogen) atoms. The third-order valence-corrected chi connectivity index (χ3v) is 3.07. The van der Waals surface area contributed by atoms with E-state index in [1.165, 1.54) is 19.2 Å². The number of H-pyrrole nitrogens is 1. The second-order valence-corrected chi connectivity index (χ2v) is 4.75. The van der Waals surface area contributed by atoms with Gasteiger partial charge in [0.05, 0.1) is 6.04 Å². The number of aromatic nitrogens is 1. The lowest BCUT2D eigenvalue weighted by Crippen LogP contribution is -2.31. The highest BCUT2D eigenvalue weighted by molar-refractivity contribution is 5.94. The van der Waals surface area contributed by atoms with Gasteiger partial charge >= 0.3 is 0 Å². The Hall–Kier alpha value is -2.50. The minimum atomic E-state index is -0.770. The Morgan fingerprint density at radius 2 is 2.00 bits per heavy atom. The van der Waals surface area contributed by atoms with Gasteiger partial charge in [-0.05, 0) is 32.0 Å². The van der Waals surface area contributed by atoms with Gasteiger partial charge in [0.1, 0.15) is 17.2 Å². The van der Waals surface area contributed by atoms with Gasteiger partial charge in [0.15, 0.2) is 5.43 Å². The van der Waals surface area contributed by atoms with E-state index in [1.807, 2.05) is 0 Å². The number of rotatable bonds is 3. The molecule has 0 aliphatic carbocycles. The molecule has 1 aromatic carbocycles. The zero-order chi connectivity index (χ0) is 15.6. The number of hydrogen-bond donors (Lipinski definition) is 2. The van der Waals surface area contributed by atoms with E-state index in [4.69, 9.17) is 0 Å². The summed E-state index contributed by atoms with van der Waals surface area (Å²) in [6.45, 7) is 3.20. The quantitative estimate of drug-likeness (QED) is 0.912. The van der Waals surface area contributed by atoms with E-state index in [9.17, 15) is 18.4 Å². The van der Waals surface area contributed by atoms with Crippen molar-refractivity contribution in [2.75, 3.05) is 0 Å². The predicted octanol–water partition coefficient (Wildman–Crippen LogP) is 2.45. The van der Waals surface area contributed by atoms with Crippen molar-refractivity contribution in [2.24, 2.45) is 0 Å². The van der Waals surface area contributed by atoms with Gasteiger partial charge in [-0.1, -0.05) is 0 Å². The third kappa shape index (κ3) is 3.34. The zero-order valence-electron chi connectivity index (χ0n) is 11.5. The number of nitrogens with one attached hydrogen (secondary N) is 2. The molecule has 2 rings (SSSR count). The molecular weight excluding hydrogens is 278 g/mol. The Kier molecular flexibility index (Phi) is 4.16. The summed E-state index contributed by atoms with van der Waals surface area (Å²) in [4.78, 5) is 26.5. The molecule has 1 unspecified atom stereocenters. The molecule has 1 amide bonds. The molecule has 0 saturated heterocycles. The summed E-state index contributed by atoms with van der Waals surface area (Å²) in [7, 11) is 0. The number of hydrogen-bond acceptors (Lipinski definition) is 2. The van der Waals surface area contributed by atoms with Crippen molar-refractivity contribution in [1.29, 1.82) is 0 Å². The maximum atomic E-state index is 13.6. The second-order valence-electron chi connectivity index (χ2n) is 4.75. The lowest BCUT2D eigenvalue weighted by Gasteiger charge is -2.15. The van der Waals surface area contributed by atoms with Gasteiger partial charge in [-0.25, -0.2) is 8.78 Å². The average molecular weight is 292 g/mol. The summed E-state index contributed by atoms with van der Waals surface area (Å²) in [5.74, 6) is -1.87. The fourth-order valence-electron chi connectivity index (χ4n) is 1.95. The maximum absolute atomic E-state index is 13.6. The Morgan fingerprint density at radius 1 is 1.29 bits per heavy atom. The van der Waals surface area contributed by atoms with Crippen LogP contribution in [0.15, 0.2) is 35.3 Å². The van der Waals surface area contributed by atoms with E-state index in [-0.39, 0.29) is 11.1 Å². The van der Waals surface area contributed by atoms with Crippen LogP contribution in [-0.4, -0.2) is 10.9 Å². The number of pyridine rings is 1. The van der Waals surface area contributed by atoms with Gasteiger partial charge in [-0.3, -0.25) is 9.59 Å². The summed E-state index contributed by atoms with van der Waals surface area (Å²) in [6, 6.07) is 3.53. The molecule has 110 valence electrons. The Labute approximate surface area is 119 Å². The van der Waals surface area contributed by atoms with Gasteiger partial charge < -0.3 is 10.3 Å². The highest BCUT2D eigenvalue weighted by Gasteiger charge is 2.17. The SMILES string of the molecule is Cc1cc(=O)c(C(=O)NC(C)c2cc(F)ccc2F)c[nH]1. The minimum Gasteiger partial charge on any atom is -0.364 e. The standard InChI is InChI=1S/C15H14F2N2O2/c1-8-5-14(20)12(7-18-8)15(21)19-9(2)11-6-10(16)3-4-13(11)17/h3-7,9H,1-2H3,(H,18,20)(H,19,21). The first-order valence-corrected chi connectivity index (χ1v) is 6.33. The van der Waals surface area contributed by atoms with E-state index in [0.717, 1.165) is 18.2 Å². The number of benzene rings is 1. The molecule has 6 heteroatoms. The number of aromatic amines is 1. The van der Waals surface area contributed by atoms with Gasteiger partial charge in [0.25, 0.3) is 5.91 Å². The van der Waals surface area contributed by atoms with E-state index in [0.29, 0.717) is 5.69 Å². The van der Waals surface area contributed by atoms with Crippen LogP contribution in [0.1, 0.15) is 34.6 Å². The summed E-state index contributed by atoms with van der Waals surface area (Å²) >= 11 is 0. The van der Waals surface area contributed by atoms with Crippen LogP contribution in [0, 0.1) is 18.6 Å². The molecule has 1 atom stereocenters. The fraction of sp³-hybridized carbons (Fsp3) is 0.200. The van der Waals surface area contributed by atoms with Crippen molar-refractivity contribution >= 4 is 5.91 Å². The lowest BCUT2D eigenvalue weighted by molar-refractivity contribution is 0.0938. The molecule has 2 N–H and O–H groups in total. The topological polar surface area (TPSA) is 62.0 Å². The van der Waals surface area contributed by atoms with Crippen LogP contribution in [-0.2, 0) is 0 Å². The maximum Gasteiger partial charge on any atom is 0.257 e. The van der Waals surface area contributed by atoms with Crippen LogP contribution in [0.25, 0.3) is 0 Å². The van der Waals surface area contributed by atoms with Crippen LogP contribution >= 0.6 is 0 Å². The van der Waals surface area contributed by atoms with Crippen LogP contribution in [0.4, 0.5) is 8.78 Å². The van der Waals surface area contributed by atoms with Crippen molar-refractivity contribution in [2.45, 2.75) is 19.9 Å². The molecule has 1 aromatic heterocycles. The van der Waals surface area contributed by atoms with E-state index in [1.54, 1.807) is 6.92 Å².